The maximum atomic E-state index is 12.9. The first-order valence-corrected chi connectivity index (χ1v) is 7.56. The summed E-state index contributed by atoms with van der Waals surface area (Å²) < 4.78 is 38.6. The molecule has 1 saturated carbocycles. The highest BCUT2D eigenvalue weighted by molar-refractivity contribution is 5.78. The third-order valence-corrected chi connectivity index (χ3v) is 4.10. The van der Waals surface area contributed by atoms with E-state index < -0.39 is 11.7 Å². The largest absolute Gasteiger partial charge is 0.416 e. The molecule has 2 rings (SSSR count). The Morgan fingerprint density at radius 2 is 1.96 bits per heavy atom. The van der Waals surface area contributed by atoms with E-state index in [4.69, 9.17) is 5.73 Å². The lowest BCUT2D eigenvalue weighted by atomic mass is 10.0. The molecule has 1 aromatic rings. The number of hydrogen-bond acceptors (Lipinski definition) is 2. The fraction of sp³-hybridized carbons (Fsp3) is 0.562. The van der Waals surface area contributed by atoms with Crippen molar-refractivity contribution in [2.75, 3.05) is 27.7 Å². The Bertz CT molecular complexity index is 565. The average Bonchev–Trinajstić information content (AvgIpc) is 3.30. The fourth-order valence-electron chi connectivity index (χ4n) is 2.43. The number of hydrogen-bond donors (Lipinski definition) is 1. The van der Waals surface area contributed by atoms with Gasteiger partial charge in [0.1, 0.15) is 0 Å². The Labute approximate surface area is 134 Å². The van der Waals surface area contributed by atoms with E-state index in [1.165, 1.54) is 12.1 Å². The van der Waals surface area contributed by atoms with Crippen molar-refractivity contribution in [3.05, 3.63) is 35.4 Å². The Morgan fingerprint density at radius 3 is 2.48 bits per heavy atom. The second-order valence-electron chi connectivity index (χ2n) is 6.14. The Hall–Kier alpha value is -1.76. The highest BCUT2D eigenvalue weighted by atomic mass is 19.4. The topological polar surface area (TPSA) is 44.9 Å². The standard InChI is InChI=1S/C16H23F3N4/c1-22(2)14(10-21-15(20)23(3)13-7-8-13)11-5-4-6-12(9-11)16(17,18)19/h4-6,9,13-14H,7-8,10H2,1-3H3,(H2,20,21). The van der Waals surface area contributed by atoms with Crippen molar-refractivity contribution in [1.29, 1.82) is 0 Å². The molecule has 0 amide bonds. The SMILES string of the molecule is CN(C)C(CN=C(N)N(C)C1CC1)c1cccc(C(F)(F)F)c1. The van der Waals surface area contributed by atoms with E-state index in [1.807, 2.05) is 30.9 Å². The van der Waals surface area contributed by atoms with Crippen molar-refractivity contribution in [2.24, 2.45) is 10.7 Å². The van der Waals surface area contributed by atoms with Gasteiger partial charge in [-0.05, 0) is 44.6 Å². The van der Waals surface area contributed by atoms with Crippen LogP contribution in [0, 0.1) is 0 Å². The van der Waals surface area contributed by atoms with Crippen LogP contribution in [0.5, 0.6) is 0 Å². The average molecular weight is 328 g/mol. The molecule has 1 unspecified atom stereocenters. The molecule has 0 heterocycles. The monoisotopic (exact) mass is 328 g/mol. The van der Waals surface area contributed by atoms with Crippen molar-refractivity contribution in [2.45, 2.75) is 31.1 Å². The number of aliphatic imine (C=N–C) groups is 1. The minimum atomic E-state index is -4.35. The van der Waals surface area contributed by atoms with Crippen LogP contribution >= 0.6 is 0 Å². The zero-order chi connectivity index (χ0) is 17.2. The van der Waals surface area contributed by atoms with Gasteiger partial charge in [-0.25, -0.2) is 0 Å². The molecule has 0 radical (unpaired) electrons. The van der Waals surface area contributed by atoms with Crippen LogP contribution in [-0.4, -0.2) is 49.5 Å². The number of alkyl halides is 3. The molecule has 1 aromatic carbocycles. The summed E-state index contributed by atoms with van der Waals surface area (Å²) in [5, 5.41) is 0. The van der Waals surface area contributed by atoms with Crippen molar-refractivity contribution in [1.82, 2.24) is 9.80 Å². The molecule has 1 atom stereocenters. The normalized spacial score (nSPS) is 17.4. The van der Waals surface area contributed by atoms with E-state index in [0.717, 1.165) is 18.9 Å². The summed E-state index contributed by atoms with van der Waals surface area (Å²) in [5.74, 6) is 0.436. The lowest BCUT2D eigenvalue weighted by Crippen LogP contribution is -2.36. The number of halogens is 3. The van der Waals surface area contributed by atoms with Crippen molar-refractivity contribution in [3.8, 4) is 0 Å². The highest BCUT2D eigenvalue weighted by Gasteiger charge is 2.31. The van der Waals surface area contributed by atoms with Crippen molar-refractivity contribution >= 4 is 5.96 Å². The summed E-state index contributed by atoms with van der Waals surface area (Å²) >= 11 is 0. The Morgan fingerprint density at radius 1 is 1.30 bits per heavy atom. The zero-order valence-corrected chi connectivity index (χ0v) is 13.6. The third-order valence-electron chi connectivity index (χ3n) is 4.10. The molecular formula is C16H23F3N4. The van der Waals surface area contributed by atoms with Gasteiger partial charge in [-0.2, -0.15) is 13.2 Å². The molecule has 0 bridgehead atoms. The molecule has 0 saturated heterocycles. The van der Waals surface area contributed by atoms with Gasteiger partial charge in [-0.1, -0.05) is 12.1 Å². The molecule has 7 heteroatoms. The molecule has 23 heavy (non-hydrogen) atoms. The smallest absolute Gasteiger partial charge is 0.370 e. The molecule has 1 fully saturated rings. The van der Waals surface area contributed by atoms with Crippen molar-refractivity contribution < 1.29 is 13.2 Å². The minimum Gasteiger partial charge on any atom is -0.370 e. The second kappa shape index (κ2) is 6.78. The van der Waals surface area contributed by atoms with Gasteiger partial charge in [0.25, 0.3) is 0 Å². The van der Waals surface area contributed by atoms with Crippen LogP contribution in [0.25, 0.3) is 0 Å². The quantitative estimate of drug-likeness (QED) is 0.668. The lowest BCUT2D eigenvalue weighted by molar-refractivity contribution is -0.137. The number of nitrogens with two attached hydrogens (primary N) is 1. The van der Waals surface area contributed by atoms with E-state index >= 15 is 0 Å². The second-order valence-corrected chi connectivity index (χ2v) is 6.14. The molecule has 0 aliphatic heterocycles. The predicted molar refractivity (Wildman–Crippen MR) is 85.1 cm³/mol. The lowest BCUT2D eigenvalue weighted by Gasteiger charge is -2.25. The van der Waals surface area contributed by atoms with E-state index in [0.29, 0.717) is 24.1 Å². The highest BCUT2D eigenvalue weighted by Crippen LogP contribution is 2.31. The van der Waals surface area contributed by atoms with E-state index in [-0.39, 0.29) is 6.04 Å². The summed E-state index contributed by atoms with van der Waals surface area (Å²) in [6.45, 7) is 0.317. The van der Waals surface area contributed by atoms with Gasteiger partial charge in [0.15, 0.2) is 5.96 Å². The van der Waals surface area contributed by atoms with E-state index in [9.17, 15) is 13.2 Å². The summed E-state index contributed by atoms with van der Waals surface area (Å²) in [6.07, 6.45) is -2.13. The van der Waals surface area contributed by atoms with Gasteiger partial charge in [0.2, 0.25) is 0 Å². The van der Waals surface area contributed by atoms with Crippen LogP contribution in [0.3, 0.4) is 0 Å². The van der Waals surface area contributed by atoms with E-state index in [2.05, 4.69) is 4.99 Å². The van der Waals surface area contributed by atoms with E-state index in [1.54, 1.807) is 6.07 Å². The molecule has 2 N–H and O–H groups in total. The first-order chi connectivity index (χ1) is 10.7. The Kier molecular flexibility index (Phi) is 5.19. The van der Waals surface area contributed by atoms with Crippen LogP contribution in [0.15, 0.2) is 29.3 Å². The number of guanidine groups is 1. The summed E-state index contributed by atoms with van der Waals surface area (Å²) in [7, 11) is 5.54. The van der Waals surface area contributed by atoms with Crippen LogP contribution in [0.4, 0.5) is 13.2 Å². The van der Waals surface area contributed by atoms with Gasteiger partial charge in [-0.3, -0.25) is 4.99 Å². The number of likely N-dealkylation sites (N-methyl/N-ethyl adjacent to an activating group) is 1. The maximum Gasteiger partial charge on any atom is 0.416 e. The number of nitrogens with zero attached hydrogens (tertiary/aromatic N) is 3. The predicted octanol–water partition coefficient (Wildman–Crippen LogP) is 2.72. The molecule has 1 aliphatic rings. The van der Waals surface area contributed by atoms with Crippen LogP contribution in [0.2, 0.25) is 0 Å². The zero-order valence-electron chi connectivity index (χ0n) is 13.6. The van der Waals surface area contributed by atoms with Gasteiger partial charge in [0, 0.05) is 13.1 Å². The van der Waals surface area contributed by atoms with Crippen LogP contribution in [-0.2, 0) is 6.18 Å². The molecule has 128 valence electrons. The Balaban J connectivity index is 2.16. The van der Waals surface area contributed by atoms with Gasteiger partial charge < -0.3 is 15.5 Å². The number of rotatable bonds is 5. The first-order valence-electron chi connectivity index (χ1n) is 7.56. The summed E-state index contributed by atoms with van der Waals surface area (Å²) in [5.41, 5.74) is 5.90. The molecular weight excluding hydrogens is 305 g/mol. The van der Waals surface area contributed by atoms with Crippen LogP contribution in [0.1, 0.15) is 30.0 Å². The van der Waals surface area contributed by atoms with Gasteiger partial charge in [-0.15, -0.1) is 0 Å². The molecule has 1 aliphatic carbocycles. The molecule has 0 aromatic heterocycles. The van der Waals surface area contributed by atoms with Gasteiger partial charge in [0.05, 0.1) is 18.2 Å². The number of benzene rings is 1. The molecule has 0 spiro atoms. The maximum absolute atomic E-state index is 12.9. The fourth-order valence-corrected chi connectivity index (χ4v) is 2.43. The van der Waals surface area contributed by atoms with Gasteiger partial charge >= 0.3 is 6.18 Å². The third kappa shape index (κ3) is 4.60. The first kappa shape index (κ1) is 17.6. The summed E-state index contributed by atoms with van der Waals surface area (Å²) in [6, 6.07) is 5.57. The van der Waals surface area contributed by atoms with Crippen molar-refractivity contribution in [3.63, 3.8) is 0 Å². The molecule has 4 nitrogen and oxygen atoms in total. The summed E-state index contributed by atoms with van der Waals surface area (Å²) in [4.78, 5) is 8.15. The van der Waals surface area contributed by atoms with Crippen LogP contribution < -0.4 is 5.73 Å². The minimum absolute atomic E-state index is 0.261.